The van der Waals surface area contributed by atoms with E-state index in [0.717, 1.165) is 29.1 Å². The maximum absolute atomic E-state index is 12.0. The molecule has 0 saturated carbocycles. The number of unbranched alkanes of at least 4 members (excludes halogenated alkanes) is 1. The van der Waals surface area contributed by atoms with Gasteiger partial charge in [0.15, 0.2) is 0 Å². The van der Waals surface area contributed by atoms with Crippen molar-refractivity contribution in [3.05, 3.63) is 54.4 Å². The zero-order chi connectivity index (χ0) is 17.1. The van der Waals surface area contributed by atoms with Crippen LogP contribution in [-0.2, 0) is 9.53 Å². The Hall–Kier alpha value is -2.66. The minimum atomic E-state index is -1.21. The molecule has 2 N–H and O–H groups in total. The number of aliphatic hydroxyl groups is 1. The van der Waals surface area contributed by atoms with Crippen LogP contribution >= 0.6 is 0 Å². The van der Waals surface area contributed by atoms with Gasteiger partial charge in [-0.05, 0) is 18.6 Å². The lowest BCUT2D eigenvalue weighted by Crippen LogP contribution is -2.15. The van der Waals surface area contributed by atoms with Crippen LogP contribution in [0.2, 0.25) is 0 Å². The molecule has 0 radical (unpaired) electrons. The van der Waals surface area contributed by atoms with Crippen LogP contribution in [0.25, 0.3) is 21.8 Å². The minimum absolute atomic E-state index is 0.00948. The highest BCUT2D eigenvalue weighted by atomic mass is 16.5. The second kappa shape index (κ2) is 6.84. The molecule has 0 spiro atoms. The van der Waals surface area contributed by atoms with Crippen molar-refractivity contribution in [3.8, 4) is 0 Å². The average molecular weight is 324 g/mol. The zero-order valence-corrected chi connectivity index (χ0v) is 13.6. The molecule has 0 bridgehead atoms. The number of nitrogens with zero attached hydrogens (tertiary/aromatic N) is 1. The maximum Gasteiger partial charge on any atom is 0.336 e. The highest BCUT2D eigenvalue weighted by molar-refractivity contribution is 6.08. The van der Waals surface area contributed by atoms with Gasteiger partial charge in [0.05, 0.1) is 23.4 Å². The van der Waals surface area contributed by atoms with E-state index in [1.165, 1.54) is 0 Å². The molecular formula is C19H20N2O3. The molecule has 3 aromatic rings. The van der Waals surface area contributed by atoms with Crippen molar-refractivity contribution < 1.29 is 14.6 Å². The quantitative estimate of drug-likeness (QED) is 0.412. The summed E-state index contributed by atoms with van der Waals surface area (Å²) in [4.78, 5) is 19.5. The number of pyridine rings is 1. The largest absolute Gasteiger partial charge is 0.462 e. The van der Waals surface area contributed by atoms with E-state index in [1.807, 2.05) is 37.3 Å². The number of carbonyl (C=O) groups excluding carboxylic acids is 1. The Morgan fingerprint density at radius 1 is 1.33 bits per heavy atom. The molecule has 2 aromatic heterocycles. The molecular weight excluding hydrogens is 304 g/mol. The third-order valence-electron chi connectivity index (χ3n) is 4.04. The molecule has 24 heavy (non-hydrogen) atoms. The molecule has 0 aliphatic rings. The number of para-hydroxylation sites is 1. The first-order chi connectivity index (χ1) is 11.6. The summed E-state index contributed by atoms with van der Waals surface area (Å²) in [5.74, 6) is -0.592. The summed E-state index contributed by atoms with van der Waals surface area (Å²) < 4.78 is 5.12. The van der Waals surface area contributed by atoms with E-state index in [0.29, 0.717) is 17.8 Å². The predicted octanol–water partition coefficient (Wildman–Crippen LogP) is 3.65. The van der Waals surface area contributed by atoms with Crippen LogP contribution < -0.4 is 0 Å². The second-order valence-corrected chi connectivity index (χ2v) is 5.71. The van der Waals surface area contributed by atoms with E-state index in [9.17, 15) is 9.90 Å². The van der Waals surface area contributed by atoms with Crippen molar-refractivity contribution in [2.45, 2.75) is 25.9 Å². The smallest absolute Gasteiger partial charge is 0.336 e. The molecule has 5 nitrogen and oxygen atoms in total. The number of nitrogens with one attached hydrogen (secondary N) is 1. The normalized spacial score (nSPS) is 12.4. The van der Waals surface area contributed by atoms with Gasteiger partial charge in [-0.15, -0.1) is 0 Å². The summed E-state index contributed by atoms with van der Waals surface area (Å²) in [6.45, 7) is 6.03. The molecule has 1 aromatic carbocycles. The molecule has 2 heterocycles. The van der Waals surface area contributed by atoms with Crippen LogP contribution in [-0.4, -0.2) is 27.7 Å². The molecule has 1 unspecified atom stereocenters. The lowest BCUT2D eigenvalue weighted by molar-refractivity contribution is -0.140. The fourth-order valence-electron chi connectivity index (χ4n) is 2.68. The fourth-order valence-corrected chi connectivity index (χ4v) is 2.68. The van der Waals surface area contributed by atoms with E-state index in [4.69, 9.17) is 4.74 Å². The molecule has 124 valence electrons. The van der Waals surface area contributed by atoms with Crippen LogP contribution in [0, 0.1) is 0 Å². The Bertz CT molecular complexity index is 898. The first-order valence-electron chi connectivity index (χ1n) is 8.02. The van der Waals surface area contributed by atoms with Gasteiger partial charge in [0, 0.05) is 22.5 Å². The van der Waals surface area contributed by atoms with Gasteiger partial charge in [-0.2, -0.15) is 0 Å². The van der Waals surface area contributed by atoms with Crippen LogP contribution in [0.5, 0.6) is 0 Å². The number of esters is 1. The number of aromatic nitrogens is 2. The topological polar surface area (TPSA) is 75.2 Å². The van der Waals surface area contributed by atoms with E-state index in [-0.39, 0.29) is 5.57 Å². The number of aliphatic hydroxyl groups excluding tert-OH is 1. The third-order valence-corrected chi connectivity index (χ3v) is 4.04. The van der Waals surface area contributed by atoms with E-state index < -0.39 is 12.1 Å². The van der Waals surface area contributed by atoms with Crippen molar-refractivity contribution >= 4 is 27.8 Å². The van der Waals surface area contributed by atoms with Gasteiger partial charge >= 0.3 is 5.97 Å². The number of H-pyrrole nitrogens is 1. The Morgan fingerprint density at radius 3 is 2.92 bits per heavy atom. The summed E-state index contributed by atoms with van der Waals surface area (Å²) in [6.07, 6.45) is 2.12. The second-order valence-electron chi connectivity index (χ2n) is 5.71. The van der Waals surface area contributed by atoms with Crippen LogP contribution in [0.15, 0.2) is 48.7 Å². The van der Waals surface area contributed by atoms with Crippen LogP contribution in [0.4, 0.5) is 0 Å². The number of aromatic amines is 1. The van der Waals surface area contributed by atoms with Gasteiger partial charge in [-0.25, -0.2) is 4.79 Å². The Morgan fingerprint density at radius 2 is 2.12 bits per heavy atom. The van der Waals surface area contributed by atoms with Crippen LogP contribution in [0.3, 0.4) is 0 Å². The SMILES string of the molecule is C=C(C(=O)OCCCC)C(O)c1nccc2c1[nH]c1ccccc12. The van der Waals surface area contributed by atoms with Crippen molar-refractivity contribution in [1.82, 2.24) is 9.97 Å². The van der Waals surface area contributed by atoms with E-state index in [2.05, 4.69) is 16.5 Å². The number of ether oxygens (including phenoxy) is 1. The predicted molar refractivity (Wildman–Crippen MR) is 93.6 cm³/mol. The van der Waals surface area contributed by atoms with Crippen molar-refractivity contribution in [2.24, 2.45) is 0 Å². The first kappa shape index (κ1) is 16.2. The van der Waals surface area contributed by atoms with E-state index >= 15 is 0 Å². The van der Waals surface area contributed by atoms with Crippen molar-refractivity contribution in [1.29, 1.82) is 0 Å². The third kappa shape index (κ3) is 2.90. The lowest BCUT2D eigenvalue weighted by atomic mass is 10.1. The summed E-state index contributed by atoms with van der Waals surface area (Å²) in [7, 11) is 0. The Kier molecular flexibility index (Phi) is 4.62. The lowest BCUT2D eigenvalue weighted by Gasteiger charge is -2.13. The van der Waals surface area contributed by atoms with Crippen molar-refractivity contribution in [2.75, 3.05) is 6.61 Å². The van der Waals surface area contributed by atoms with Gasteiger partial charge in [0.1, 0.15) is 6.10 Å². The number of rotatable bonds is 6. The van der Waals surface area contributed by atoms with Crippen molar-refractivity contribution in [3.63, 3.8) is 0 Å². The summed E-state index contributed by atoms with van der Waals surface area (Å²) >= 11 is 0. The number of benzene rings is 1. The number of hydrogen-bond acceptors (Lipinski definition) is 4. The molecule has 0 aliphatic heterocycles. The highest BCUT2D eigenvalue weighted by Crippen LogP contribution is 2.31. The Labute approximate surface area is 140 Å². The standard InChI is InChI=1S/C19H20N2O3/c1-3-4-11-24-19(23)12(2)18(22)17-16-14(9-10-20-17)13-7-5-6-8-15(13)21-16/h5-10,18,21-22H,2-4,11H2,1H3. The maximum atomic E-state index is 12.0. The van der Waals surface area contributed by atoms with Gasteiger partial charge in [0.2, 0.25) is 0 Å². The summed E-state index contributed by atoms with van der Waals surface area (Å²) in [5.41, 5.74) is 2.02. The zero-order valence-electron chi connectivity index (χ0n) is 13.6. The van der Waals surface area contributed by atoms with Crippen LogP contribution in [0.1, 0.15) is 31.6 Å². The minimum Gasteiger partial charge on any atom is -0.462 e. The fraction of sp³-hybridized carbons (Fsp3) is 0.263. The average Bonchev–Trinajstić information content (AvgIpc) is 2.99. The number of hydrogen-bond donors (Lipinski definition) is 2. The molecule has 0 aliphatic carbocycles. The molecule has 5 heteroatoms. The first-order valence-corrected chi connectivity index (χ1v) is 8.02. The van der Waals surface area contributed by atoms with E-state index in [1.54, 1.807) is 6.20 Å². The van der Waals surface area contributed by atoms with Gasteiger partial charge in [0.25, 0.3) is 0 Å². The van der Waals surface area contributed by atoms with Gasteiger partial charge in [-0.1, -0.05) is 38.1 Å². The highest BCUT2D eigenvalue weighted by Gasteiger charge is 2.23. The Balaban J connectivity index is 1.93. The van der Waals surface area contributed by atoms with Gasteiger partial charge < -0.3 is 14.8 Å². The molecule has 0 fully saturated rings. The summed E-state index contributed by atoms with van der Waals surface area (Å²) in [5, 5.41) is 12.5. The molecule has 0 saturated heterocycles. The molecule has 3 rings (SSSR count). The number of carbonyl (C=O) groups is 1. The molecule has 0 amide bonds. The number of fused-ring (bicyclic) bond motifs is 3. The monoisotopic (exact) mass is 324 g/mol. The summed E-state index contributed by atoms with van der Waals surface area (Å²) in [6, 6.07) is 9.73. The molecule has 1 atom stereocenters. The van der Waals surface area contributed by atoms with Gasteiger partial charge in [-0.3, -0.25) is 4.98 Å².